The Kier molecular flexibility index (Phi) is 4.66. The molecule has 1 aliphatic carbocycles. The number of aromatic nitrogens is 2. The summed E-state index contributed by atoms with van der Waals surface area (Å²) in [7, 11) is 1.86. The van der Waals surface area contributed by atoms with Crippen LogP contribution in [0.25, 0.3) is 11.1 Å². The van der Waals surface area contributed by atoms with E-state index in [-0.39, 0.29) is 17.5 Å². The molecule has 1 heterocycles. The second kappa shape index (κ2) is 7.14. The van der Waals surface area contributed by atoms with Crippen LogP contribution in [-0.4, -0.2) is 15.7 Å². The van der Waals surface area contributed by atoms with Crippen LogP contribution in [0.5, 0.6) is 0 Å². The molecule has 1 unspecified atom stereocenters. The van der Waals surface area contributed by atoms with Crippen molar-refractivity contribution in [2.75, 3.05) is 0 Å². The molecule has 0 saturated carbocycles. The maximum absolute atomic E-state index is 13.4. The highest BCUT2D eigenvalue weighted by Gasteiger charge is 2.24. The van der Waals surface area contributed by atoms with Crippen LogP contribution in [0.2, 0.25) is 0 Å². The van der Waals surface area contributed by atoms with Gasteiger partial charge in [0.05, 0.1) is 11.7 Å². The van der Waals surface area contributed by atoms with Gasteiger partial charge in [-0.15, -0.1) is 0 Å². The number of nitrogens with one attached hydrogen (secondary N) is 1. The van der Waals surface area contributed by atoms with E-state index in [0.29, 0.717) is 11.1 Å². The van der Waals surface area contributed by atoms with Gasteiger partial charge in [0.2, 0.25) is 0 Å². The molecule has 4 rings (SSSR count). The maximum Gasteiger partial charge on any atom is 0.251 e. The Bertz CT molecular complexity index is 1020. The van der Waals surface area contributed by atoms with Crippen LogP contribution in [0.4, 0.5) is 13.2 Å². The van der Waals surface area contributed by atoms with Crippen LogP contribution in [-0.2, 0) is 13.5 Å². The molecule has 1 aromatic heterocycles. The molecule has 1 amide bonds. The van der Waals surface area contributed by atoms with Gasteiger partial charge in [0, 0.05) is 24.4 Å². The summed E-state index contributed by atoms with van der Waals surface area (Å²) in [6, 6.07) is 8.09. The number of rotatable bonds is 3. The number of hydrogen-bond acceptors (Lipinski definition) is 2. The second-order valence-electron chi connectivity index (χ2n) is 6.95. The summed E-state index contributed by atoms with van der Waals surface area (Å²) >= 11 is 0. The van der Waals surface area contributed by atoms with Gasteiger partial charge in [-0.2, -0.15) is 5.10 Å². The van der Waals surface area contributed by atoms with E-state index in [4.69, 9.17) is 0 Å². The number of hydrogen-bond donors (Lipinski definition) is 1. The number of nitrogens with zero attached hydrogens (tertiary/aromatic N) is 2. The SMILES string of the molecule is Cn1cc2c(n1)CCCC2NC(=O)c1ccc(-c2cc(F)c(F)c(F)c2)cc1. The molecule has 1 N–H and O–H groups in total. The Balaban J connectivity index is 1.52. The fourth-order valence-electron chi connectivity index (χ4n) is 3.60. The number of amides is 1. The number of fused-ring (bicyclic) bond motifs is 1. The zero-order valence-electron chi connectivity index (χ0n) is 15.2. The predicted molar refractivity (Wildman–Crippen MR) is 98.1 cm³/mol. The Morgan fingerprint density at radius 3 is 2.46 bits per heavy atom. The van der Waals surface area contributed by atoms with Gasteiger partial charge < -0.3 is 5.32 Å². The van der Waals surface area contributed by atoms with E-state index in [9.17, 15) is 18.0 Å². The summed E-state index contributed by atoms with van der Waals surface area (Å²) in [4.78, 5) is 12.6. The molecule has 28 heavy (non-hydrogen) atoms. The van der Waals surface area contributed by atoms with Gasteiger partial charge in [0.15, 0.2) is 17.5 Å². The van der Waals surface area contributed by atoms with Gasteiger partial charge in [-0.1, -0.05) is 12.1 Å². The van der Waals surface area contributed by atoms with Crippen LogP contribution in [0.15, 0.2) is 42.6 Å². The summed E-state index contributed by atoms with van der Waals surface area (Å²) in [6.45, 7) is 0. The van der Waals surface area contributed by atoms with Crippen molar-refractivity contribution in [1.82, 2.24) is 15.1 Å². The van der Waals surface area contributed by atoms with Crippen molar-refractivity contribution < 1.29 is 18.0 Å². The van der Waals surface area contributed by atoms with Gasteiger partial charge in [0.1, 0.15) is 0 Å². The minimum Gasteiger partial charge on any atom is -0.345 e. The van der Waals surface area contributed by atoms with E-state index in [1.165, 1.54) is 0 Å². The lowest BCUT2D eigenvalue weighted by molar-refractivity contribution is 0.0932. The minimum atomic E-state index is -1.50. The Morgan fingerprint density at radius 2 is 1.79 bits per heavy atom. The topological polar surface area (TPSA) is 46.9 Å². The first-order valence-corrected chi connectivity index (χ1v) is 9.00. The van der Waals surface area contributed by atoms with Gasteiger partial charge in [-0.25, -0.2) is 13.2 Å². The number of carbonyl (C=O) groups excluding carboxylic acids is 1. The first kappa shape index (κ1) is 18.3. The van der Waals surface area contributed by atoms with Crippen molar-refractivity contribution in [3.63, 3.8) is 0 Å². The van der Waals surface area contributed by atoms with Gasteiger partial charge >= 0.3 is 0 Å². The smallest absolute Gasteiger partial charge is 0.251 e. The number of aryl methyl sites for hydroxylation is 2. The molecule has 1 aliphatic rings. The second-order valence-corrected chi connectivity index (χ2v) is 6.95. The molecule has 3 aromatic rings. The van der Waals surface area contributed by atoms with Crippen molar-refractivity contribution in [2.24, 2.45) is 7.05 Å². The summed E-state index contributed by atoms with van der Waals surface area (Å²) in [5.74, 6) is -4.23. The van der Waals surface area contributed by atoms with Crippen LogP contribution in [0, 0.1) is 17.5 Å². The van der Waals surface area contributed by atoms with Crippen molar-refractivity contribution in [3.8, 4) is 11.1 Å². The molecule has 0 spiro atoms. The van der Waals surface area contributed by atoms with Gasteiger partial charge in [-0.05, 0) is 54.7 Å². The molecule has 0 saturated heterocycles. The Morgan fingerprint density at radius 1 is 1.11 bits per heavy atom. The zero-order valence-corrected chi connectivity index (χ0v) is 15.2. The highest BCUT2D eigenvalue weighted by molar-refractivity contribution is 5.95. The molecule has 0 fully saturated rings. The third-order valence-corrected chi connectivity index (χ3v) is 4.99. The third kappa shape index (κ3) is 3.40. The van der Waals surface area contributed by atoms with E-state index in [1.807, 2.05) is 13.2 Å². The first-order valence-electron chi connectivity index (χ1n) is 9.00. The maximum atomic E-state index is 13.4. The summed E-state index contributed by atoms with van der Waals surface area (Å²) in [5, 5.41) is 7.45. The molecule has 1 atom stereocenters. The summed E-state index contributed by atoms with van der Waals surface area (Å²) in [6.07, 6.45) is 4.63. The van der Waals surface area contributed by atoms with E-state index in [1.54, 1.807) is 28.9 Å². The normalized spacial score (nSPS) is 15.9. The Hall–Kier alpha value is -3.09. The highest BCUT2D eigenvalue weighted by atomic mass is 19.2. The molecule has 4 nitrogen and oxygen atoms in total. The van der Waals surface area contributed by atoms with Gasteiger partial charge in [0.25, 0.3) is 5.91 Å². The van der Waals surface area contributed by atoms with E-state index in [2.05, 4.69) is 10.4 Å². The molecular formula is C21H18F3N3O. The number of halogens is 3. The summed E-state index contributed by atoms with van der Waals surface area (Å²) in [5.41, 5.74) is 3.17. The van der Waals surface area contributed by atoms with Crippen LogP contribution < -0.4 is 5.32 Å². The Labute approximate surface area is 160 Å². The van der Waals surface area contributed by atoms with Gasteiger partial charge in [-0.3, -0.25) is 9.48 Å². The van der Waals surface area contributed by atoms with E-state index >= 15 is 0 Å². The molecule has 0 bridgehead atoms. The molecule has 2 aromatic carbocycles. The van der Waals surface area contributed by atoms with Crippen molar-refractivity contribution in [1.29, 1.82) is 0 Å². The lowest BCUT2D eigenvalue weighted by Gasteiger charge is -2.22. The quantitative estimate of drug-likeness (QED) is 0.683. The van der Waals surface area contributed by atoms with Crippen LogP contribution in [0.3, 0.4) is 0 Å². The highest BCUT2D eigenvalue weighted by Crippen LogP contribution is 2.29. The first-order chi connectivity index (χ1) is 13.4. The molecular weight excluding hydrogens is 367 g/mol. The molecule has 144 valence electrons. The lowest BCUT2D eigenvalue weighted by atomic mass is 9.93. The van der Waals surface area contributed by atoms with Crippen molar-refractivity contribution in [2.45, 2.75) is 25.3 Å². The van der Waals surface area contributed by atoms with Crippen molar-refractivity contribution >= 4 is 5.91 Å². The third-order valence-electron chi connectivity index (χ3n) is 4.99. The average molecular weight is 385 g/mol. The zero-order chi connectivity index (χ0) is 19.8. The fourth-order valence-corrected chi connectivity index (χ4v) is 3.60. The lowest BCUT2D eigenvalue weighted by Crippen LogP contribution is -2.30. The van der Waals surface area contributed by atoms with Crippen LogP contribution in [0.1, 0.15) is 40.5 Å². The number of carbonyl (C=O) groups is 1. The molecule has 0 aliphatic heterocycles. The largest absolute Gasteiger partial charge is 0.345 e. The fraction of sp³-hybridized carbons (Fsp3) is 0.238. The number of benzene rings is 2. The standard InChI is InChI=1S/C21H18F3N3O/c1-27-11-15-18(3-2-4-19(15)26-27)25-21(28)13-7-5-12(6-8-13)14-9-16(22)20(24)17(23)10-14/h5-11,18H,2-4H2,1H3,(H,25,28). The summed E-state index contributed by atoms with van der Waals surface area (Å²) < 4.78 is 41.7. The predicted octanol–water partition coefficient (Wildman–Crippen LogP) is 4.31. The molecule has 7 heteroatoms. The minimum absolute atomic E-state index is 0.0927. The average Bonchev–Trinajstić information content (AvgIpc) is 3.07. The van der Waals surface area contributed by atoms with E-state index in [0.717, 1.165) is 42.7 Å². The molecule has 0 radical (unpaired) electrons. The van der Waals surface area contributed by atoms with Crippen LogP contribution >= 0.6 is 0 Å². The van der Waals surface area contributed by atoms with E-state index < -0.39 is 17.5 Å². The monoisotopic (exact) mass is 385 g/mol. The van der Waals surface area contributed by atoms with Crippen molar-refractivity contribution in [3.05, 3.63) is 76.9 Å².